The summed E-state index contributed by atoms with van der Waals surface area (Å²) in [5.74, 6) is 0. The normalized spacial score (nSPS) is 12.3. The number of halogens is 1. The standard InChI is InChI=1S/C18H23BrN2O4S2/c1-3-13-21(14-4-2)27(24,25)18-11-7-16(8-12-18)20-26(22,23)17-9-5-15(19)6-10-17/h5-12,20H,3-4,13-14H2,1-2H3. The van der Waals surface area contributed by atoms with E-state index in [1.54, 1.807) is 12.1 Å². The van der Waals surface area contributed by atoms with Crippen molar-refractivity contribution in [2.24, 2.45) is 0 Å². The highest BCUT2D eigenvalue weighted by molar-refractivity contribution is 9.10. The van der Waals surface area contributed by atoms with E-state index in [2.05, 4.69) is 20.7 Å². The molecule has 1 N–H and O–H groups in total. The van der Waals surface area contributed by atoms with Crippen LogP contribution in [0.4, 0.5) is 5.69 Å². The van der Waals surface area contributed by atoms with Crippen molar-refractivity contribution in [2.45, 2.75) is 36.5 Å². The molecule has 2 aromatic rings. The molecule has 0 aliphatic carbocycles. The Bertz CT molecular complexity index is 951. The lowest BCUT2D eigenvalue weighted by molar-refractivity contribution is 0.410. The quantitative estimate of drug-likeness (QED) is 0.593. The third kappa shape index (κ3) is 5.54. The topological polar surface area (TPSA) is 83.6 Å². The van der Waals surface area contributed by atoms with Gasteiger partial charge in [0.15, 0.2) is 0 Å². The van der Waals surface area contributed by atoms with E-state index in [1.165, 1.54) is 40.7 Å². The fourth-order valence-corrected chi connectivity index (χ4v) is 5.47. The molecule has 0 atom stereocenters. The molecular formula is C18H23BrN2O4S2. The van der Waals surface area contributed by atoms with Crippen LogP contribution < -0.4 is 4.72 Å². The summed E-state index contributed by atoms with van der Waals surface area (Å²) in [6, 6.07) is 12.0. The predicted octanol–water partition coefficient (Wildman–Crippen LogP) is 4.06. The van der Waals surface area contributed by atoms with Gasteiger partial charge in [0.1, 0.15) is 0 Å². The average Bonchev–Trinajstić information content (AvgIpc) is 2.62. The van der Waals surface area contributed by atoms with E-state index < -0.39 is 20.0 Å². The third-order valence-electron chi connectivity index (χ3n) is 3.81. The second-order valence-electron chi connectivity index (χ2n) is 5.99. The first kappa shape index (κ1) is 21.9. The number of benzene rings is 2. The molecule has 0 fully saturated rings. The Balaban J connectivity index is 2.22. The SMILES string of the molecule is CCCN(CCC)S(=O)(=O)c1ccc(NS(=O)(=O)c2ccc(Br)cc2)cc1. The number of anilines is 1. The van der Waals surface area contributed by atoms with Gasteiger partial charge in [-0.3, -0.25) is 4.72 Å². The number of rotatable bonds is 9. The van der Waals surface area contributed by atoms with Crippen LogP contribution in [0.15, 0.2) is 62.8 Å². The summed E-state index contributed by atoms with van der Waals surface area (Å²) in [5.41, 5.74) is 0.300. The molecule has 2 rings (SSSR count). The lowest BCUT2D eigenvalue weighted by atomic mass is 10.3. The molecule has 0 heterocycles. The highest BCUT2D eigenvalue weighted by atomic mass is 79.9. The summed E-state index contributed by atoms with van der Waals surface area (Å²) in [6.45, 7) is 4.76. The van der Waals surface area contributed by atoms with Gasteiger partial charge in [-0.2, -0.15) is 4.31 Å². The third-order valence-corrected chi connectivity index (χ3v) is 7.65. The van der Waals surface area contributed by atoms with Crippen LogP contribution in [0.5, 0.6) is 0 Å². The second kappa shape index (κ2) is 9.18. The number of nitrogens with one attached hydrogen (secondary N) is 1. The van der Waals surface area contributed by atoms with Gasteiger partial charge in [-0.15, -0.1) is 0 Å². The van der Waals surface area contributed by atoms with E-state index >= 15 is 0 Å². The zero-order chi connectivity index (χ0) is 20.1. The molecule has 0 saturated heterocycles. The summed E-state index contributed by atoms with van der Waals surface area (Å²) in [4.78, 5) is 0.274. The van der Waals surface area contributed by atoms with Crippen LogP contribution in [0.1, 0.15) is 26.7 Å². The van der Waals surface area contributed by atoms with E-state index in [4.69, 9.17) is 0 Å². The van der Waals surface area contributed by atoms with Gasteiger partial charge >= 0.3 is 0 Å². The van der Waals surface area contributed by atoms with Crippen molar-refractivity contribution in [3.8, 4) is 0 Å². The van der Waals surface area contributed by atoms with Gasteiger partial charge in [0.05, 0.1) is 9.79 Å². The Kier molecular flexibility index (Phi) is 7.44. The van der Waals surface area contributed by atoms with Crippen LogP contribution in [-0.4, -0.2) is 34.2 Å². The monoisotopic (exact) mass is 474 g/mol. The van der Waals surface area contributed by atoms with Crippen molar-refractivity contribution in [1.29, 1.82) is 0 Å². The van der Waals surface area contributed by atoms with Crippen molar-refractivity contribution >= 4 is 41.7 Å². The molecule has 27 heavy (non-hydrogen) atoms. The lowest BCUT2D eigenvalue weighted by Crippen LogP contribution is -2.32. The van der Waals surface area contributed by atoms with Crippen molar-refractivity contribution in [2.75, 3.05) is 17.8 Å². The van der Waals surface area contributed by atoms with Crippen LogP contribution in [0.25, 0.3) is 0 Å². The highest BCUT2D eigenvalue weighted by Crippen LogP contribution is 2.22. The van der Waals surface area contributed by atoms with Gasteiger partial charge in [0.25, 0.3) is 10.0 Å². The van der Waals surface area contributed by atoms with Crippen molar-refractivity contribution in [3.05, 3.63) is 53.0 Å². The van der Waals surface area contributed by atoms with Crippen molar-refractivity contribution < 1.29 is 16.8 Å². The maximum Gasteiger partial charge on any atom is 0.261 e. The Labute approximate surface area is 169 Å². The van der Waals surface area contributed by atoms with Gasteiger partial charge in [-0.25, -0.2) is 16.8 Å². The fourth-order valence-electron chi connectivity index (χ4n) is 2.52. The molecule has 0 radical (unpaired) electrons. The van der Waals surface area contributed by atoms with Crippen molar-refractivity contribution in [3.63, 3.8) is 0 Å². The molecule has 0 spiro atoms. The molecule has 0 unspecified atom stereocenters. The van der Waals surface area contributed by atoms with E-state index in [9.17, 15) is 16.8 Å². The van der Waals surface area contributed by atoms with E-state index in [-0.39, 0.29) is 9.79 Å². The van der Waals surface area contributed by atoms with Crippen LogP contribution in [0.2, 0.25) is 0 Å². The Morgan fingerprint density at radius 1 is 0.815 bits per heavy atom. The minimum atomic E-state index is -3.74. The lowest BCUT2D eigenvalue weighted by Gasteiger charge is -2.21. The van der Waals surface area contributed by atoms with Gasteiger partial charge in [0, 0.05) is 23.2 Å². The van der Waals surface area contributed by atoms with Gasteiger partial charge in [-0.05, 0) is 61.4 Å². The Hall–Kier alpha value is -1.42. The Morgan fingerprint density at radius 2 is 1.30 bits per heavy atom. The minimum Gasteiger partial charge on any atom is -0.280 e. The summed E-state index contributed by atoms with van der Waals surface area (Å²) >= 11 is 3.26. The zero-order valence-electron chi connectivity index (χ0n) is 15.2. The number of hydrogen-bond donors (Lipinski definition) is 1. The average molecular weight is 475 g/mol. The van der Waals surface area contributed by atoms with E-state index in [0.29, 0.717) is 18.8 Å². The largest absolute Gasteiger partial charge is 0.280 e. The molecule has 0 saturated carbocycles. The summed E-state index contributed by atoms with van der Waals surface area (Å²) in [7, 11) is -7.33. The molecule has 0 aliphatic rings. The van der Waals surface area contributed by atoms with Crippen LogP contribution in [-0.2, 0) is 20.0 Å². The van der Waals surface area contributed by atoms with Crippen LogP contribution >= 0.6 is 15.9 Å². The molecule has 0 bridgehead atoms. The smallest absolute Gasteiger partial charge is 0.261 e. The van der Waals surface area contributed by atoms with E-state index in [1.807, 2.05) is 13.8 Å². The molecule has 0 amide bonds. The Morgan fingerprint density at radius 3 is 1.78 bits per heavy atom. The first-order valence-electron chi connectivity index (χ1n) is 8.59. The highest BCUT2D eigenvalue weighted by Gasteiger charge is 2.23. The minimum absolute atomic E-state index is 0.125. The molecule has 2 aromatic carbocycles. The molecular weight excluding hydrogens is 452 g/mol. The summed E-state index contributed by atoms with van der Waals surface area (Å²) < 4.78 is 55.0. The molecule has 148 valence electrons. The van der Waals surface area contributed by atoms with Gasteiger partial charge < -0.3 is 0 Å². The number of nitrogens with zero attached hydrogens (tertiary/aromatic N) is 1. The van der Waals surface area contributed by atoms with Gasteiger partial charge in [-0.1, -0.05) is 29.8 Å². The number of hydrogen-bond acceptors (Lipinski definition) is 4. The van der Waals surface area contributed by atoms with Crippen molar-refractivity contribution in [1.82, 2.24) is 4.31 Å². The zero-order valence-corrected chi connectivity index (χ0v) is 18.4. The number of sulfonamides is 2. The fraction of sp³-hybridized carbons (Fsp3) is 0.333. The molecule has 0 aliphatic heterocycles. The summed E-state index contributed by atoms with van der Waals surface area (Å²) in [6.07, 6.45) is 1.45. The maximum absolute atomic E-state index is 12.7. The predicted molar refractivity (Wildman–Crippen MR) is 111 cm³/mol. The second-order valence-corrected chi connectivity index (χ2v) is 10.5. The van der Waals surface area contributed by atoms with Gasteiger partial charge in [0.2, 0.25) is 10.0 Å². The maximum atomic E-state index is 12.7. The van der Waals surface area contributed by atoms with E-state index in [0.717, 1.165) is 17.3 Å². The van der Waals surface area contributed by atoms with Crippen LogP contribution in [0, 0.1) is 0 Å². The molecule has 9 heteroatoms. The first-order valence-corrected chi connectivity index (χ1v) is 12.3. The first-order chi connectivity index (χ1) is 12.7. The van der Waals surface area contributed by atoms with Crippen LogP contribution in [0.3, 0.4) is 0 Å². The summed E-state index contributed by atoms with van der Waals surface area (Å²) in [5, 5.41) is 0. The molecule has 0 aromatic heterocycles. The molecule has 6 nitrogen and oxygen atoms in total.